The molecule has 31 heavy (non-hydrogen) atoms. The molecule has 2 fully saturated rings. The summed E-state index contributed by atoms with van der Waals surface area (Å²) in [6.45, 7) is 2.80. The highest BCUT2D eigenvalue weighted by molar-refractivity contribution is 5.31. The van der Waals surface area contributed by atoms with E-state index in [-0.39, 0.29) is 5.92 Å². The SMILES string of the molecule is CCCCCCC[C@H]1CC[C@H](C2CCC(c3cc(F)c(C(C)(F)F)c(F)c3)CC2)CC1. The predicted octanol–water partition coefficient (Wildman–Crippen LogP) is 9.52. The molecule has 4 heteroatoms. The van der Waals surface area contributed by atoms with E-state index in [4.69, 9.17) is 0 Å². The summed E-state index contributed by atoms with van der Waals surface area (Å²) in [5.74, 6) is -3.22. The fourth-order valence-corrected chi connectivity index (χ4v) is 6.16. The lowest BCUT2D eigenvalue weighted by atomic mass is 9.68. The van der Waals surface area contributed by atoms with Gasteiger partial charge in [-0.2, -0.15) is 0 Å². The van der Waals surface area contributed by atoms with E-state index in [1.54, 1.807) is 0 Å². The Morgan fingerprint density at radius 1 is 0.774 bits per heavy atom. The fourth-order valence-electron chi connectivity index (χ4n) is 6.16. The minimum Gasteiger partial charge on any atom is -0.206 e. The van der Waals surface area contributed by atoms with Crippen molar-refractivity contribution in [3.8, 4) is 0 Å². The van der Waals surface area contributed by atoms with E-state index in [9.17, 15) is 17.6 Å². The summed E-state index contributed by atoms with van der Waals surface area (Å²) >= 11 is 0. The summed E-state index contributed by atoms with van der Waals surface area (Å²) < 4.78 is 55.3. The monoisotopic (exact) mass is 440 g/mol. The highest BCUT2D eigenvalue weighted by atomic mass is 19.3. The van der Waals surface area contributed by atoms with Crippen LogP contribution >= 0.6 is 0 Å². The maximum Gasteiger partial charge on any atom is 0.276 e. The van der Waals surface area contributed by atoms with Crippen LogP contribution in [0.3, 0.4) is 0 Å². The molecular weight excluding hydrogens is 400 g/mol. The van der Waals surface area contributed by atoms with Crippen molar-refractivity contribution in [1.82, 2.24) is 0 Å². The van der Waals surface area contributed by atoms with Gasteiger partial charge in [-0.05, 0) is 79.9 Å². The van der Waals surface area contributed by atoms with Crippen LogP contribution in [0.25, 0.3) is 0 Å². The molecule has 0 N–H and O–H groups in total. The first kappa shape index (κ1) is 24.6. The van der Waals surface area contributed by atoms with Crippen LogP contribution in [0.4, 0.5) is 17.6 Å². The number of halogens is 4. The van der Waals surface area contributed by atoms with E-state index in [0.717, 1.165) is 55.6 Å². The van der Waals surface area contributed by atoms with Gasteiger partial charge in [-0.15, -0.1) is 0 Å². The number of hydrogen-bond acceptors (Lipinski definition) is 0. The lowest BCUT2D eigenvalue weighted by Crippen LogP contribution is -2.25. The fraction of sp³-hybridized carbons (Fsp3) is 0.778. The molecule has 3 rings (SSSR count). The van der Waals surface area contributed by atoms with Crippen molar-refractivity contribution in [2.24, 2.45) is 17.8 Å². The third kappa shape index (κ3) is 6.71. The van der Waals surface area contributed by atoms with Crippen LogP contribution in [0.5, 0.6) is 0 Å². The highest BCUT2D eigenvalue weighted by Crippen LogP contribution is 2.45. The molecule has 0 atom stereocenters. The Hall–Kier alpha value is -1.06. The average Bonchev–Trinajstić information content (AvgIpc) is 2.73. The van der Waals surface area contributed by atoms with Gasteiger partial charge in [0.05, 0.1) is 5.56 Å². The van der Waals surface area contributed by atoms with E-state index in [2.05, 4.69) is 6.92 Å². The Morgan fingerprint density at radius 3 is 1.81 bits per heavy atom. The van der Waals surface area contributed by atoms with Crippen molar-refractivity contribution in [2.75, 3.05) is 0 Å². The van der Waals surface area contributed by atoms with Crippen molar-refractivity contribution in [3.05, 3.63) is 34.9 Å². The molecule has 0 amide bonds. The topological polar surface area (TPSA) is 0 Å². The zero-order valence-corrected chi connectivity index (χ0v) is 19.4. The van der Waals surface area contributed by atoms with Crippen LogP contribution in [-0.2, 0) is 5.92 Å². The first-order chi connectivity index (χ1) is 14.8. The standard InChI is InChI=1S/C27H40F4/c1-3-4-5-6-7-8-19-9-11-20(12-10-19)21-13-15-22(16-14-21)23-17-24(28)26(25(29)18-23)27(2,30)31/h17-22H,3-16H2,1-2H3/t19-,20-,21?,22?. The lowest BCUT2D eigenvalue weighted by molar-refractivity contribution is 0.00977. The number of hydrogen-bond donors (Lipinski definition) is 0. The van der Waals surface area contributed by atoms with Crippen molar-refractivity contribution < 1.29 is 17.6 Å². The molecule has 1 aromatic rings. The average molecular weight is 441 g/mol. The van der Waals surface area contributed by atoms with E-state index < -0.39 is 23.1 Å². The van der Waals surface area contributed by atoms with E-state index in [0.29, 0.717) is 12.5 Å². The lowest BCUT2D eigenvalue weighted by Gasteiger charge is -2.38. The minimum absolute atomic E-state index is 0.0826. The zero-order chi connectivity index (χ0) is 22.4. The molecule has 0 spiro atoms. The molecule has 0 saturated heterocycles. The van der Waals surface area contributed by atoms with Gasteiger partial charge in [-0.1, -0.05) is 58.3 Å². The Balaban J connectivity index is 1.44. The van der Waals surface area contributed by atoms with Gasteiger partial charge < -0.3 is 0 Å². The largest absolute Gasteiger partial charge is 0.276 e. The first-order valence-electron chi connectivity index (χ1n) is 12.7. The molecule has 0 aliphatic heterocycles. The number of rotatable bonds is 9. The molecule has 0 heterocycles. The highest BCUT2D eigenvalue weighted by Gasteiger charge is 2.35. The Bertz CT molecular complexity index is 654. The van der Waals surface area contributed by atoms with E-state index >= 15 is 0 Å². The number of alkyl halides is 2. The molecule has 0 radical (unpaired) electrons. The molecule has 0 unspecified atom stereocenters. The Labute approximate surface area is 186 Å². The molecule has 0 nitrogen and oxygen atoms in total. The van der Waals surface area contributed by atoms with Crippen molar-refractivity contribution in [1.29, 1.82) is 0 Å². The van der Waals surface area contributed by atoms with Crippen LogP contribution in [0.15, 0.2) is 12.1 Å². The van der Waals surface area contributed by atoms with E-state index in [1.807, 2.05) is 0 Å². The predicted molar refractivity (Wildman–Crippen MR) is 119 cm³/mol. The van der Waals surface area contributed by atoms with Gasteiger partial charge in [0.25, 0.3) is 5.92 Å². The second-order valence-corrected chi connectivity index (χ2v) is 10.3. The summed E-state index contributed by atoms with van der Waals surface area (Å²) in [5, 5.41) is 0. The first-order valence-corrected chi connectivity index (χ1v) is 12.7. The molecule has 1 aromatic carbocycles. The molecule has 2 saturated carbocycles. The second-order valence-electron chi connectivity index (χ2n) is 10.3. The Morgan fingerprint density at radius 2 is 1.29 bits per heavy atom. The van der Waals surface area contributed by atoms with Crippen LogP contribution in [0.1, 0.15) is 121 Å². The van der Waals surface area contributed by atoms with Crippen molar-refractivity contribution in [3.63, 3.8) is 0 Å². The molecule has 2 aliphatic carbocycles. The third-order valence-corrected chi connectivity index (χ3v) is 8.02. The van der Waals surface area contributed by atoms with Crippen molar-refractivity contribution in [2.45, 2.75) is 116 Å². The van der Waals surface area contributed by atoms with Gasteiger partial charge in [-0.3, -0.25) is 0 Å². The van der Waals surface area contributed by atoms with E-state index in [1.165, 1.54) is 64.2 Å². The number of unbranched alkanes of at least 4 members (excludes halogenated alkanes) is 4. The maximum absolute atomic E-state index is 14.2. The summed E-state index contributed by atoms with van der Waals surface area (Å²) in [4.78, 5) is 0. The van der Waals surface area contributed by atoms with Gasteiger partial charge in [0.2, 0.25) is 0 Å². The smallest absolute Gasteiger partial charge is 0.206 e. The third-order valence-electron chi connectivity index (χ3n) is 8.02. The molecule has 0 bridgehead atoms. The normalized spacial score (nSPS) is 27.4. The van der Waals surface area contributed by atoms with Crippen LogP contribution in [0, 0.1) is 29.4 Å². The summed E-state index contributed by atoms with van der Waals surface area (Å²) in [7, 11) is 0. The molecule has 0 aromatic heterocycles. The van der Waals surface area contributed by atoms with Gasteiger partial charge >= 0.3 is 0 Å². The van der Waals surface area contributed by atoms with Gasteiger partial charge in [-0.25, -0.2) is 17.6 Å². The molecule has 2 aliphatic rings. The van der Waals surface area contributed by atoms with Crippen LogP contribution < -0.4 is 0 Å². The zero-order valence-electron chi connectivity index (χ0n) is 19.4. The second kappa shape index (κ2) is 11.2. The summed E-state index contributed by atoms with van der Waals surface area (Å²) in [5.41, 5.74) is -0.555. The Kier molecular flexibility index (Phi) is 8.87. The minimum atomic E-state index is -3.50. The number of benzene rings is 1. The van der Waals surface area contributed by atoms with Gasteiger partial charge in [0, 0.05) is 6.92 Å². The van der Waals surface area contributed by atoms with Crippen LogP contribution in [0.2, 0.25) is 0 Å². The van der Waals surface area contributed by atoms with Crippen molar-refractivity contribution >= 4 is 0 Å². The quantitative estimate of drug-likeness (QED) is 0.265. The van der Waals surface area contributed by atoms with Gasteiger partial charge in [0.1, 0.15) is 11.6 Å². The van der Waals surface area contributed by atoms with Crippen LogP contribution in [-0.4, -0.2) is 0 Å². The molecular formula is C27H40F4. The maximum atomic E-state index is 14.2. The molecule has 176 valence electrons. The van der Waals surface area contributed by atoms with Gasteiger partial charge in [0.15, 0.2) is 0 Å². The summed E-state index contributed by atoms with van der Waals surface area (Å²) in [6.07, 6.45) is 17.6. The summed E-state index contributed by atoms with van der Waals surface area (Å²) in [6, 6.07) is 2.29.